The molecule has 20 heavy (non-hydrogen) atoms. The van der Waals surface area contributed by atoms with Gasteiger partial charge in [-0.25, -0.2) is 0 Å². The molecule has 0 saturated heterocycles. The fourth-order valence-corrected chi connectivity index (χ4v) is 2.51. The molecule has 5 nitrogen and oxygen atoms in total. The number of amides is 1. The molecule has 2 unspecified atom stereocenters. The van der Waals surface area contributed by atoms with E-state index in [9.17, 15) is 14.7 Å². The summed E-state index contributed by atoms with van der Waals surface area (Å²) in [6.45, 7) is 5.41. The molecule has 5 heteroatoms. The third kappa shape index (κ3) is 5.49. The molecule has 0 spiro atoms. The molecule has 0 heterocycles. The summed E-state index contributed by atoms with van der Waals surface area (Å²) in [5, 5.41) is 9.93. The minimum atomic E-state index is -0.522. The molecular formula is C15H27NO4. The van der Waals surface area contributed by atoms with Gasteiger partial charge in [0, 0.05) is 13.5 Å². The van der Waals surface area contributed by atoms with Crippen LogP contribution < -0.4 is 0 Å². The first kappa shape index (κ1) is 17.0. The van der Waals surface area contributed by atoms with Gasteiger partial charge in [-0.05, 0) is 33.6 Å². The Bertz CT molecular complexity index is 348. The van der Waals surface area contributed by atoms with E-state index in [1.165, 1.54) is 0 Å². The summed E-state index contributed by atoms with van der Waals surface area (Å²) >= 11 is 0. The average molecular weight is 285 g/mol. The third-order valence-corrected chi connectivity index (χ3v) is 3.55. The minimum absolute atomic E-state index is 0.0866. The van der Waals surface area contributed by atoms with Gasteiger partial charge < -0.3 is 14.7 Å². The third-order valence-electron chi connectivity index (χ3n) is 3.55. The van der Waals surface area contributed by atoms with Crippen molar-refractivity contribution in [1.29, 1.82) is 0 Å². The van der Waals surface area contributed by atoms with Crippen molar-refractivity contribution in [2.24, 2.45) is 0 Å². The number of nitrogens with zero attached hydrogens (tertiary/aromatic N) is 1. The molecule has 1 fully saturated rings. The van der Waals surface area contributed by atoms with Crippen molar-refractivity contribution in [2.75, 3.05) is 7.05 Å². The first-order chi connectivity index (χ1) is 9.20. The van der Waals surface area contributed by atoms with Gasteiger partial charge in [-0.3, -0.25) is 9.59 Å². The number of ether oxygens (including phenoxy) is 1. The molecule has 0 aliphatic heterocycles. The summed E-state index contributed by atoms with van der Waals surface area (Å²) in [6, 6.07) is -0.116. The number of aliphatic hydroxyl groups excluding tert-OH is 1. The van der Waals surface area contributed by atoms with Crippen LogP contribution in [0.25, 0.3) is 0 Å². The predicted octanol–water partition coefficient (Wildman–Crippen LogP) is 1.87. The Hall–Kier alpha value is -1.10. The Morgan fingerprint density at radius 1 is 1.20 bits per heavy atom. The van der Waals surface area contributed by atoms with Crippen molar-refractivity contribution in [3.05, 3.63) is 0 Å². The zero-order valence-corrected chi connectivity index (χ0v) is 13.0. The number of rotatable bonds is 4. The molecule has 1 rings (SSSR count). The van der Waals surface area contributed by atoms with Crippen LogP contribution in [0.5, 0.6) is 0 Å². The van der Waals surface area contributed by atoms with Crippen LogP contribution in [0.4, 0.5) is 0 Å². The fourth-order valence-electron chi connectivity index (χ4n) is 2.51. The highest BCUT2D eigenvalue weighted by Crippen LogP contribution is 2.23. The largest absolute Gasteiger partial charge is 0.460 e. The smallest absolute Gasteiger partial charge is 0.306 e. The Kier molecular flexibility index (Phi) is 5.99. The number of carbonyl (C=O) groups excluding carboxylic acids is 2. The number of hydrogen-bond donors (Lipinski definition) is 1. The standard InChI is InChI=1S/C15H27NO4/c1-15(2,3)20-14(19)10-9-13(18)16(4)11-7-5-6-8-12(11)17/h11-12,17H,5-10H2,1-4H3. The minimum Gasteiger partial charge on any atom is -0.460 e. The van der Waals surface area contributed by atoms with Crippen molar-refractivity contribution in [3.8, 4) is 0 Å². The molecule has 0 aromatic heterocycles. The van der Waals surface area contributed by atoms with Gasteiger partial charge in [0.25, 0.3) is 0 Å². The van der Waals surface area contributed by atoms with Crippen molar-refractivity contribution >= 4 is 11.9 Å². The number of likely N-dealkylation sites (N-methyl/N-ethyl adjacent to an activating group) is 1. The number of esters is 1. The Labute approximate surface area is 121 Å². The lowest BCUT2D eigenvalue weighted by atomic mass is 9.91. The quantitative estimate of drug-likeness (QED) is 0.801. The van der Waals surface area contributed by atoms with Crippen molar-refractivity contribution in [2.45, 2.75) is 77.0 Å². The van der Waals surface area contributed by atoms with Gasteiger partial charge in [0.05, 0.1) is 18.6 Å². The van der Waals surface area contributed by atoms with Crippen LogP contribution in [0.2, 0.25) is 0 Å². The lowest BCUT2D eigenvalue weighted by Crippen LogP contribution is -2.46. The Morgan fingerprint density at radius 2 is 1.80 bits per heavy atom. The molecule has 0 radical (unpaired) electrons. The topological polar surface area (TPSA) is 66.8 Å². The maximum atomic E-state index is 12.1. The summed E-state index contributed by atoms with van der Waals surface area (Å²) in [5.41, 5.74) is -0.522. The van der Waals surface area contributed by atoms with Crippen LogP contribution in [0.1, 0.15) is 59.3 Å². The van der Waals surface area contributed by atoms with E-state index >= 15 is 0 Å². The van der Waals surface area contributed by atoms with Crippen molar-refractivity contribution < 1.29 is 19.4 Å². The van der Waals surface area contributed by atoms with E-state index in [0.717, 1.165) is 25.7 Å². The molecule has 0 aromatic rings. The molecule has 116 valence electrons. The normalized spacial score (nSPS) is 23.2. The molecule has 1 aliphatic carbocycles. The Morgan fingerprint density at radius 3 is 2.35 bits per heavy atom. The van der Waals surface area contributed by atoms with Crippen molar-refractivity contribution in [1.82, 2.24) is 4.90 Å². The van der Waals surface area contributed by atoms with Gasteiger partial charge >= 0.3 is 5.97 Å². The summed E-state index contributed by atoms with van der Waals surface area (Å²) < 4.78 is 5.18. The van der Waals surface area contributed by atoms with Crippen LogP contribution in [-0.2, 0) is 14.3 Å². The zero-order valence-electron chi connectivity index (χ0n) is 13.0. The highest BCUT2D eigenvalue weighted by Gasteiger charge is 2.29. The summed E-state index contributed by atoms with van der Waals surface area (Å²) in [6.07, 6.45) is 3.39. The van der Waals surface area contributed by atoms with Crippen LogP contribution >= 0.6 is 0 Å². The van der Waals surface area contributed by atoms with Crippen LogP contribution in [0.3, 0.4) is 0 Å². The lowest BCUT2D eigenvalue weighted by molar-refractivity contribution is -0.156. The maximum Gasteiger partial charge on any atom is 0.306 e. The lowest BCUT2D eigenvalue weighted by Gasteiger charge is -2.35. The molecule has 0 bridgehead atoms. The molecule has 2 atom stereocenters. The van der Waals surface area contributed by atoms with E-state index < -0.39 is 11.7 Å². The van der Waals surface area contributed by atoms with E-state index in [4.69, 9.17) is 4.74 Å². The van der Waals surface area contributed by atoms with E-state index in [0.29, 0.717) is 0 Å². The molecule has 1 N–H and O–H groups in total. The van der Waals surface area contributed by atoms with Crippen LogP contribution in [0, 0.1) is 0 Å². The summed E-state index contributed by atoms with van der Waals surface area (Å²) in [5.74, 6) is -0.467. The van der Waals surface area contributed by atoms with Gasteiger partial charge in [0.15, 0.2) is 0 Å². The van der Waals surface area contributed by atoms with E-state index in [1.54, 1.807) is 32.7 Å². The predicted molar refractivity (Wildman–Crippen MR) is 76.1 cm³/mol. The zero-order chi connectivity index (χ0) is 15.3. The number of carbonyl (C=O) groups is 2. The van der Waals surface area contributed by atoms with Gasteiger partial charge in [0.2, 0.25) is 5.91 Å². The molecular weight excluding hydrogens is 258 g/mol. The summed E-state index contributed by atoms with van der Waals surface area (Å²) in [7, 11) is 1.70. The van der Waals surface area contributed by atoms with Crippen LogP contribution in [0.15, 0.2) is 0 Å². The SMILES string of the molecule is CN(C(=O)CCC(=O)OC(C)(C)C)C1CCCCC1O. The second-order valence-electron chi connectivity index (χ2n) is 6.51. The van der Waals surface area contributed by atoms with Gasteiger partial charge in [-0.15, -0.1) is 0 Å². The second-order valence-corrected chi connectivity index (χ2v) is 6.51. The number of hydrogen-bond acceptors (Lipinski definition) is 4. The molecule has 0 aromatic carbocycles. The van der Waals surface area contributed by atoms with E-state index in [2.05, 4.69) is 0 Å². The molecule has 1 aliphatic rings. The first-order valence-electron chi connectivity index (χ1n) is 7.36. The molecule has 1 amide bonds. The Balaban J connectivity index is 2.40. The van der Waals surface area contributed by atoms with Gasteiger partial charge in [-0.1, -0.05) is 12.8 Å². The first-order valence-corrected chi connectivity index (χ1v) is 7.36. The molecule has 1 saturated carbocycles. The van der Waals surface area contributed by atoms with Crippen molar-refractivity contribution in [3.63, 3.8) is 0 Å². The monoisotopic (exact) mass is 285 g/mol. The highest BCUT2D eigenvalue weighted by molar-refractivity contribution is 5.81. The van der Waals surface area contributed by atoms with E-state index in [-0.39, 0.29) is 30.8 Å². The fraction of sp³-hybridized carbons (Fsp3) is 0.867. The average Bonchev–Trinajstić information content (AvgIpc) is 2.33. The second kappa shape index (κ2) is 7.07. The highest BCUT2D eigenvalue weighted by atomic mass is 16.6. The van der Waals surface area contributed by atoms with Gasteiger partial charge in [-0.2, -0.15) is 0 Å². The number of aliphatic hydroxyl groups is 1. The maximum absolute atomic E-state index is 12.1. The van der Waals surface area contributed by atoms with E-state index in [1.807, 2.05) is 0 Å². The van der Waals surface area contributed by atoms with Crippen LogP contribution in [-0.4, -0.2) is 46.7 Å². The summed E-state index contributed by atoms with van der Waals surface area (Å²) in [4.78, 5) is 25.2. The van der Waals surface area contributed by atoms with Gasteiger partial charge in [0.1, 0.15) is 5.60 Å².